The molecule has 2 rings (SSSR count). The van der Waals surface area contributed by atoms with Gasteiger partial charge in [0.2, 0.25) is 11.8 Å². The van der Waals surface area contributed by atoms with Crippen molar-refractivity contribution in [1.82, 2.24) is 9.97 Å². The van der Waals surface area contributed by atoms with E-state index in [9.17, 15) is 19.2 Å². The fraction of sp³-hybridized carbons (Fsp3) is 0.125. The third-order valence-electron chi connectivity index (χ3n) is 2.55. The van der Waals surface area contributed by atoms with Crippen molar-refractivity contribution < 1.29 is 34.5 Å². The zero-order valence-electron chi connectivity index (χ0n) is 13.9. The highest BCUT2D eigenvalue weighted by molar-refractivity contribution is 5.92. The molecule has 0 aromatic carbocycles. The van der Waals surface area contributed by atoms with E-state index in [1.54, 1.807) is 36.7 Å². The number of nitrogens with two attached hydrogens (primary N) is 2. The van der Waals surface area contributed by atoms with Crippen LogP contribution in [0.3, 0.4) is 0 Å². The van der Waals surface area contributed by atoms with Crippen molar-refractivity contribution in [1.29, 1.82) is 0 Å². The second-order valence-electron chi connectivity index (χ2n) is 4.66. The van der Waals surface area contributed by atoms with Crippen LogP contribution in [0.5, 0.6) is 0 Å². The molecule has 0 aliphatic heterocycles. The molecule has 0 aliphatic carbocycles. The molecule has 7 N–H and O–H groups in total. The molecule has 2 amide bonds. The van der Waals surface area contributed by atoms with Gasteiger partial charge in [-0.1, -0.05) is 0 Å². The summed E-state index contributed by atoms with van der Waals surface area (Å²) >= 11 is 0. The van der Waals surface area contributed by atoms with Gasteiger partial charge < -0.3 is 26.8 Å². The van der Waals surface area contributed by atoms with Crippen molar-refractivity contribution in [3.8, 4) is 0 Å². The van der Waals surface area contributed by atoms with E-state index in [0.717, 1.165) is 0 Å². The highest BCUT2D eigenvalue weighted by atomic mass is 16.4. The number of primary amides is 2. The number of aliphatic hydroxyl groups excluding tert-OH is 1. The Kier molecular flexibility index (Phi) is 10.7. The van der Waals surface area contributed by atoms with Crippen LogP contribution >= 0.6 is 0 Å². The largest absolute Gasteiger partial charge is 0.481 e. The molecule has 0 bridgehead atoms. The van der Waals surface area contributed by atoms with Gasteiger partial charge in [0, 0.05) is 24.8 Å². The topological polar surface area (TPSA) is 207 Å². The van der Waals surface area contributed by atoms with Gasteiger partial charge in [0.25, 0.3) is 0 Å². The monoisotopic (exact) mass is 378 g/mol. The van der Waals surface area contributed by atoms with E-state index >= 15 is 0 Å². The molecule has 27 heavy (non-hydrogen) atoms. The predicted molar refractivity (Wildman–Crippen MR) is 91.4 cm³/mol. The Hall–Kier alpha value is -3.86. The minimum Gasteiger partial charge on any atom is -0.481 e. The van der Waals surface area contributed by atoms with Crippen LogP contribution in [0.25, 0.3) is 0 Å². The summed E-state index contributed by atoms with van der Waals surface area (Å²) in [6.07, 6.45) is 3.50. The Labute approximate surface area is 153 Å². The second kappa shape index (κ2) is 12.5. The molecule has 1 atom stereocenters. The average Bonchev–Trinajstić information content (AvgIpc) is 2.63. The fourth-order valence-corrected chi connectivity index (χ4v) is 1.27. The van der Waals surface area contributed by atoms with E-state index in [0.29, 0.717) is 11.1 Å². The lowest BCUT2D eigenvalue weighted by Crippen LogP contribution is -2.22. The zero-order valence-corrected chi connectivity index (χ0v) is 13.9. The van der Waals surface area contributed by atoms with Crippen LogP contribution in [-0.2, 0) is 9.59 Å². The molecule has 2 heterocycles. The third kappa shape index (κ3) is 11.3. The van der Waals surface area contributed by atoms with Crippen LogP contribution in [-0.4, -0.2) is 55.1 Å². The number of carboxylic acids is 2. The van der Waals surface area contributed by atoms with Gasteiger partial charge in [-0.05, 0) is 24.3 Å². The van der Waals surface area contributed by atoms with E-state index in [1.165, 1.54) is 12.4 Å². The normalized spacial score (nSPS) is 10.1. The molecule has 11 nitrogen and oxygen atoms in total. The van der Waals surface area contributed by atoms with Gasteiger partial charge in [-0.3, -0.25) is 24.4 Å². The van der Waals surface area contributed by atoms with Crippen LogP contribution in [0.1, 0.15) is 27.1 Å². The maximum absolute atomic E-state index is 10.4. The first-order valence-electron chi connectivity index (χ1n) is 7.17. The number of hydrogen-bond acceptors (Lipinski definition) is 7. The Morgan fingerprint density at radius 2 is 1.30 bits per heavy atom. The summed E-state index contributed by atoms with van der Waals surface area (Å²) in [5.74, 6) is -3.73. The number of rotatable bonds is 5. The van der Waals surface area contributed by atoms with Crippen molar-refractivity contribution in [3.63, 3.8) is 0 Å². The number of carboxylic acid groups (broad SMARTS) is 2. The van der Waals surface area contributed by atoms with E-state index < -0.39 is 36.3 Å². The molecule has 0 aliphatic rings. The minimum absolute atomic E-state index is 0.442. The van der Waals surface area contributed by atoms with E-state index in [1.807, 2.05) is 0 Å². The molecule has 0 fully saturated rings. The smallest absolute Gasteiger partial charge is 0.333 e. The van der Waals surface area contributed by atoms with Gasteiger partial charge in [0.15, 0.2) is 6.10 Å². The molecule has 2 aromatic rings. The summed E-state index contributed by atoms with van der Waals surface area (Å²) in [4.78, 5) is 47.6. The minimum atomic E-state index is -1.79. The molecule has 11 heteroatoms. The number of carbonyl (C=O) groups excluding carboxylic acids is 2. The number of aliphatic carboxylic acids is 2. The summed E-state index contributed by atoms with van der Waals surface area (Å²) in [7, 11) is 0. The highest BCUT2D eigenvalue weighted by Gasteiger charge is 2.16. The Morgan fingerprint density at radius 1 is 0.889 bits per heavy atom. The van der Waals surface area contributed by atoms with Gasteiger partial charge in [-0.2, -0.15) is 0 Å². The molecule has 144 valence electrons. The van der Waals surface area contributed by atoms with Crippen LogP contribution in [0.15, 0.2) is 49.1 Å². The van der Waals surface area contributed by atoms with Gasteiger partial charge >= 0.3 is 11.9 Å². The molecule has 2 aromatic heterocycles. The van der Waals surface area contributed by atoms with Crippen LogP contribution in [0, 0.1) is 0 Å². The first-order valence-corrected chi connectivity index (χ1v) is 7.17. The molecule has 0 spiro atoms. The highest BCUT2D eigenvalue weighted by Crippen LogP contribution is 1.92. The summed E-state index contributed by atoms with van der Waals surface area (Å²) in [6.45, 7) is 0. The van der Waals surface area contributed by atoms with Gasteiger partial charge in [0.1, 0.15) is 0 Å². The summed E-state index contributed by atoms with van der Waals surface area (Å²) < 4.78 is 0. The molecule has 0 saturated carbocycles. The lowest BCUT2D eigenvalue weighted by molar-refractivity contribution is -0.152. The number of aromatic nitrogens is 2. The SMILES string of the molecule is NC(=O)c1cccnc1.NC(=O)c1cccnc1.O=C(O)CC(O)C(=O)O. The maximum Gasteiger partial charge on any atom is 0.333 e. The van der Waals surface area contributed by atoms with Crippen LogP contribution in [0.2, 0.25) is 0 Å². The first-order chi connectivity index (χ1) is 12.6. The third-order valence-corrected chi connectivity index (χ3v) is 2.55. The lowest BCUT2D eigenvalue weighted by Gasteiger charge is -1.97. The average molecular weight is 378 g/mol. The second-order valence-corrected chi connectivity index (χ2v) is 4.66. The maximum atomic E-state index is 10.4. The van der Waals surface area contributed by atoms with Crippen LogP contribution < -0.4 is 11.5 Å². The van der Waals surface area contributed by atoms with Crippen LogP contribution in [0.4, 0.5) is 0 Å². The number of amides is 2. The Balaban J connectivity index is 0.000000376. The summed E-state index contributed by atoms with van der Waals surface area (Å²) in [6, 6.07) is 6.57. The number of carbonyl (C=O) groups is 4. The predicted octanol–water partition coefficient (Wildman–Crippen LogP) is -0.732. The zero-order chi connectivity index (χ0) is 20.8. The van der Waals surface area contributed by atoms with Gasteiger partial charge in [-0.25, -0.2) is 4.79 Å². The molecular weight excluding hydrogens is 360 g/mol. The molecular formula is C16H18N4O7. The summed E-state index contributed by atoms with van der Waals surface area (Å²) in [5.41, 5.74) is 10.8. The van der Waals surface area contributed by atoms with E-state index in [4.69, 9.17) is 26.8 Å². The van der Waals surface area contributed by atoms with E-state index in [-0.39, 0.29) is 0 Å². The quantitative estimate of drug-likeness (QED) is 0.443. The fourth-order valence-electron chi connectivity index (χ4n) is 1.27. The summed E-state index contributed by atoms with van der Waals surface area (Å²) in [5, 5.41) is 24.1. The van der Waals surface area contributed by atoms with Crippen molar-refractivity contribution in [2.45, 2.75) is 12.5 Å². The Morgan fingerprint density at radius 3 is 1.44 bits per heavy atom. The van der Waals surface area contributed by atoms with E-state index in [2.05, 4.69) is 9.97 Å². The number of pyridine rings is 2. The number of hydrogen-bond donors (Lipinski definition) is 5. The number of nitrogens with zero attached hydrogens (tertiary/aromatic N) is 2. The lowest BCUT2D eigenvalue weighted by atomic mass is 10.3. The number of aliphatic hydroxyl groups is 1. The molecule has 0 saturated heterocycles. The van der Waals surface area contributed by atoms with Crippen molar-refractivity contribution in [3.05, 3.63) is 60.2 Å². The molecule has 1 unspecified atom stereocenters. The van der Waals surface area contributed by atoms with Crippen molar-refractivity contribution in [2.24, 2.45) is 11.5 Å². The molecule has 0 radical (unpaired) electrons. The van der Waals surface area contributed by atoms with Gasteiger partial charge in [-0.15, -0.1) is 0 Å². The standard InChI is InChI=1S/2C6H6N2O.C4H6O5/c2*7-6(9)5-2-1-3-8-4-5;5-2(4(8)9)1-3(6)7/h2*1-4H,(H2,7,9);2,5H,1H2,(H,6,7)(H,8,9). The van der Waals surface area contributed by atoms with Crippen molar-refractivity contribution >= 4 is 23.8 Å². The Bertz CT molecular complexity index is 704. The van der Waals surface area contributed by atoms with Gasteiger partial charge in [0.05, 0.1) is 17.5 Å². The van der Waals surface area contributed by atoms with Crippen molar-refractivity contribution in [2.75, 3.05) is 0 Å². The first kappa shape index (κ1) is 23.1.